The van der Waals surface area contributed by atoms with Gasteiger partial charge in [-0.3, -0.25) is 14.4 Å². The largest absolute Gasteiger partial charge is 0.348 e. The van der Waals surface area contributed by atoms with Crippen molar-refractivity contribution in [2.75, 3.05) is 29.1 Å². The lowest BCUT2D eigenvalue weighted by Crippen LogP contribution is -2.30. The SMILES string of the molecule is CCNC(=O)Nc1ncnc2c1ncn2[C@@H]1O[C@H](CSCCCS(=O)(=O)O)[C@H]2O[C@H](/C=C/c3ccccc3)O[C@H]21. The number of urea groups is 1. The van der Waals surface area contributed by atoms with E-state index in [0.717, 1.165) is 5.56 Å². The van der Waals surface area contributed by atoms with Crippen LogP contribution >= 0.6 is 11.8 Å². The van der Waals surface area contributed by atoms with E-state index in [1.807, 2.05) is 49.4 Å². The van der Waals surface area contributed by atoms with Gasteiger partial charge in [0, 0.05) is 12.3 Å². The van der Waals surface area contributed by atoms with Gasteiger partial charge in [-0.1, -0.05) is 36.4 Å². The molecule has 2 aliphatic rings. The van der Waals surface area contributed by atoms with Gasteiger partial charge in [0.25, 0.3) is 10.1 Å². The summed E-state index contributed by atoms with van der Waals surface area (Å²) in [6.45, 7) is 2.27. The van der Waals surface area contributed by atoms with Gasteiger partial charge in [0.1, 0.15) is 18.5 Å². The number of thioether (sulfide) groups is 1. The lowest BCUT2D eigenvalue weighted by molar-refractivity contribution is -0.120. The standard InChI is InChI=1S/C25H30N6O7S2/c1-2-26-25(32)30-22-19-23(28-14-27-22)31(15-29-19)24-21-20(17(36-24)13-39-11-6-12-40(33,34)35)37-18(38-21)10-9-16-7-4-3-5-8-16/h3-5,7-10,14-15,17-18,20-21,24H,2,6,11-13H2,1H3,(H,33,34,35)(H2,26,27,28,30,32)/b10-9+/t17-,18+,20-,21-,24-/m1/s1. The van der Waals surface area contributed by atoms with E-state index in [4.69, 9.17) is 18.8 Å². The zero-order valence-corrected chi connectivity index (χ0v) is 23.3. The number of imidazole rings is 1. The molecule has 3 aromatic rings. The first-order valence-electron chi connectivity index (χ1n) is 12.8. The number of carbonyl (C=O) groups excluding carboxylic acids is 1. The van der Waals surface area contributed by atoms with Crippen LogP contribution < -0.4 is 10.6 Å². The normalized spacial score (nSPS) is 24.5. The molecule has 2 saturated heterocycles. The number of amides is 2. The second kappa shape index (κ2) is 12.6. The lowest BCUT2D eigenvalue weighted by Gasteiger charge is -2.20. The van der Waals surface area contributed by atoms with Gasteiger partial charge in [-0.05, 0) is 30.7 Å². The molecular weight excluding hydrogens is 560 g/mol. The summed E-state index contributed by atoms with van der Waals surface area (Å²) in [5, 5.41) is 5.35. The fourth-order valence-corrected chi connectivity index (χ4v) is 6.25. The molecule has 4 heterocycles. The van der Waals surface area contributed by atoms with Gasteiger partial charge >= 0.3 is 6.03 Å². The van der Waals surface area contributed by atoms with Gasteiger partial charge in [0.05, 0.1) is 18.2 Å². The number of rotatable bonds is 11. The highest BCUT2D eigenvalue weighted by molar-refractivity contribution is 7.99. The number of anilines is 1. The minimum Gasteiger partial charge on any atom is -0.348 e. The Kier molecular flexibility index (Phi) is 8.97. The topological polar surface area (TPSA) is 167 Å². The van der Waals surface area contributed by atoms with E-state index in [0.29, 0.717) is 35.6 Å². The van der Waals surface area contributed by atoms with Crippen LogP contribution in [0.3, 0.4) is 0 Å². The van der Waals surface area contributed by atoms with E-state index in [2.05, 4.69) is 25.6 Å². The molecule has 2 aliphatic heterocycles. The Labute approximate surface area is 235 Å². The molecule has 5 rings (SSSR count). The molecule has 13 nitrogen and oxygen atoms in total. The van der Waals surface area contributed by atoms with Crippen molar-refractivity contribution in [1.82, 2.24) is 24.8 Å². The van der Waals surface area contributed by atoms with E-state index in [1.165, 1.54) is 18.1 Å². The first kappa shape index (κ1) is 28.4. The second-order valence-corrected chi connectivity index (χ2v) is 11.9. The maximum absolute atomic E-state index is 12.1. The van der Waals surface area contributed by atoms with Crippen molar-refractivity contribution >= 4 is 51.0 Å². The molecular formula is C25H30N6O7S2. The van der Waals surface area contributed by atoms with E-state index < -0.39 is 40.9 Å². The molecule has 1 aromatic carbocycles. The molecule has 3 N–H and O–H groups in total. The minimum absolute atomic E-state index is 0.266. The molecule has 2 aromatic heterocycles. The quantitative estimate of drug-likeness (QED) is 0.222. The maximum atomic E-state index is 12.1. The summed E-state index contributed by atoms with van der Waals surface area (Å²) in [5.74, 6) is 1.02. The molecule has 0 spiro atoms. The molecule has 214 valence electrons. The number of fused-ring (bicyclic) bond motifs is 2. The van der Waals surface area contributed by atoms with Crippen molar-refractivity contribution in [1.29, 1.82) is 0 Å². The molecule has 5 atom stereocenters. The van der Waals surface area contributed by atoms with Crippen LogP contribution in [0.5, 0.6) is 0 Å². The van der Waals surface area contributed by atoms with Gasteiger partial charge < -0.3 is 19.5 Å². The van der Waals surface area contributed by atoms with Crippen LogP contribution in [0.4, 0.5) is 10.6 Å². The van der Waals surface area contributed by atoms with E-state index in [-0.39, 0.29) is 17.7 Å². The maximum Gasteiger partial charge on any atom is 0.320 e. The number of benzene rings is 1. The molecule has 0 radical (unpaired) electrons. The summed E-state index contributed by atoms with van der Waals surface area (Å²) in [7, 11) is -4.00. The molecule has 40 heavy (non-hydrogen) atoms. The van der Waals surface area contributed by atoms with Gasteiger partial charge in [-0.15, -0.1) is 0 Å². The lowest BCUT2D eigenvalue weighted by atomic mass is 10.1. The van der Waals surface area contributed by atoms with Crippen LogP contribution in [0.25, 0.3) is 17.2 Å². The zero-order valence-electron chi connectivity index (χ0n) is 21.6. The fraction of sp³-hybridized carbons (Fsp3) is 0.440. The van der Waals surface area contributed by atoms with Crippen molar-refractivity contribution in [2.24, 2.45) is 0 Å². The molecule has 0 saturated carbocycles. The van der Waals surface area contributed by atoms with Crippen molar-refractivity contribution in [3.63, 3.8) is 0 Å². The average molecular weight is 591 g/mol. The van der Waals surface area contributed by atoms with Crippen molar-refractivity contribution in [2.45, 2.75) is 44.2 Å². The summed E-state index contributed by atoms with van der Waals surface area (Å²) < 4.78 is 51.7. The molecule has 0 unspecified atom stereocenters. The van der Waals surface area contributed by atoms with E-state index in [1.54, 1.807) is 10.9 Å². The number of hydrogen-bond acceptors (Lipinski definition) is 10. The minimum atomic E-state index is -4.00. The van der Waals surface area contributed by atoms with Crippen LogP contribution in [0.1, 0.15) is 25.1 Å². The highest BCUT2D eigenvalue weighted by Crippen LogP contribution is 2.42. The van der Waals surface area contributed by atoms with Gasteiger partial charge in [0.15, 0.2) is 29.5 Å². The van der Waals surface area contributed by atoms with Crippen LogP contribution in [-0.4, -0.2) is 86.9 Å². The molecule has 2 fully saturated rings. The third kappa shape index (κ3) is 6.79. The van der Waals surface area contributed by atoms with Gasteiger partial charge in [-0.2, -0.15) is 20.2 Å². The zero-order chi connectivity index (χ0) is 28.1. The Morgan fingerprint density at radius 1 is 1.15 bits per heavy atom. The fourth-order valence-electron chi connectivity index (χ4n) is 4.55. The van der Waals surface area contributed by atoms with Crippen LogP contribution in [0.15, 0.2) is 49.1 Å². The van der Waals surface area contributed by atoms with E-state index in [9.17, 15) is 13.2 Å². The highest BCUT2D eigenvalue weighted by atomic mass is 32.2. The van der Waals surface area contributed by atoms with Crippen LogP contribution in [0.2, 0.25) is 0 Å². The first-order valence-corrected chi connectivity index (χ1v) is 15.5. The Hall–Kier alpha value is -3.08. The van der Waals surface area contributed by atoms with E-state index >= 15 is 0 Å². The number of hydrogen-bond donors (Lipinski definition) is 3. The molecule has 0 aliphatic carbocycles. The number of aromatic nitrogens is 4. The Morgan fingerprint density at radius 2 is 1.95 bits per heavy atom. The molecule has 15 heteroatoms. The molecule has 2 amide bonds. The summed E-state index contributed by atoms with van der Waals surface area (Å²) in [4.78, 5) is 25.1. The third-order valence-corrected chi connectivity index (χ3v) is 8.23. The predicted molar refractivity (Wildman–Crippen MR) is 149 cm³/mol. The monoisotopic (exact) mass is 590 g/mol. The number of nitrogens with zero attached hydrogens (tertiary/aromatic N) is 4. The summed E-state index contributed by atoms with van der Waals surface area (Å²) in [6, 6.07) is 9.40. The summed E-state index contributed by atoms with van der Waals surface area (Å²) >= 11 is 1.51. The highest BCUT2D eigenvalue weighted by Gasteiger charge is 2.53. The Balaban J connectivity index is 1.35. The van der Waals surface area contributed by atoms with Crippen molar-refractivity contribution in [3.8, 4) is 0 Å². The smallest absolute Gasteiger partial charge is 0.320 e. The van der Waals surface area contributed by atoms with Crippen molar-refractivity contribution < 1.29 is 32.0 Å². The number of carbonyl (C=O) groups is 1. The third-order valence-electron chi connectivity index (χ3n) is 6.29. The Bertz CT molecular complexity index is 1450. The van der Waals surface area contributed by atoms with Gasteiger partial charge in [-0.25, -0.2) is 19.7 Å². The number of ether oxygens (including phenoxy) is 3. The number of nitrogens with one attached hydrogen (secondary N) is 2. The Morgan fingerprint density at radius 3 is 2.73 bits per heavy atom. The summed E-state index contributed by atoms with van der Waals surface area (Å²) in [6.07, 6.45) is 4.53. The first-order chi connectivity index (χ1) is 19.3. The van der Waals surface area contributed by atoms with Crippen LogP contribution in [0, 0.1) is 0 Å². The van der Waals surface area contributed by atoms with Crippen molar-refractivity contribution in [3.05, 3.63) is 54.6 Å². The van der Waals surface area contributed by atoms with Gasteiger partial charge in [0.2, 0.25) is 0 Å². The predicted octanol–water partition coefficient (Wildman–Crippen LogP) is 2.70. The molecule has 0 bridgehead atoms. The average Bonchev–Trinajstić information content (AvgIpc) is 3.62. The van der Waals surface area contributed by atoms with Crippen LogP contribution in [-0.2, 0) is 24.3 Å². The second-order valence-electron chi connectivity index (χ2n) is 9.15. The summed E-state index contributed by atoms with van der Waals surface area (Å²) in [5.41, 5.74) is 1.87.